The number of likely N-dealkylation sites (tertiary alicyclic amines) is 1. The molecule has 2 amide bonds. The fourth-order valence-corrected chi connectivity index (χ4v) is 3.16. The van der Waals surface area contributed by atoms with Crippen LogP contribution in [0.4, 0.5) is 4.79 Å². The number of rotatable bonds is 3. The molecule has 0 radical (unpaired) electrons. The minimum Gasteiger partial charge on any atom is -0.479 e. The van der Waals surface area contributed by atoms with E-state index in [2.05, 4.69) is 5.32 Å². The maximum absolute atomic E-state index is 12.2. The fourth-order valence-electron chi connectivity index (χ4n) is 2.39. The summed E-state index contributed by atoms with van der Waals surface area (Å²) in [6.07, 6.45) is 1.85. The number of carbonyl (C=O) groups is 2. The summed E-state index contributed by atoms with van der Waals surface area (Å²) < 4.78 is 0. The van der Waals surface area contributed by atoms with Crippen molar-refractivity contribution in [2.75, 3.05) is 13.1 Å². The predicted molar refractivity (Wildman–Crippen MR) is 79.3 cm³/mol. The quantitative estimate of drug-likeness (QED) is 0.794. The Morgan fingerprint density at radius 2 is 2.19 bits per heavy atom. The Labute approximate surface area is 127 Å². The number of nitrogens with one attached hydrogen (secondary N) is 1. The summed E-state index contributed by atoms with van der Waals surface area (Å²) >= 11 is 1.30. The summed E-state index contributed by atoms with van der Waals surface area (Å²) in [5.74, 6) is -1.08. The molecule has 2 rings (SSSR count). The van der Waals surface area contributed by atoms with E-state index in [4.69, 9.17) is 0 Å². The van der Waals surface area contributed by atoms with Crippen LogP contribution in [0.25, 0.3) is 0 Å². The number of carbonyl (C=O) groups excluding carboxylic acids is 1. The Morgan fingerprint density at radius 1 is 1.43 bits per heavy atom. The molecule has 116 valence electrons. The number of thiophene rings is 1. The Bertz CT molecular complexity index is 501. The summed E-state index contributed by atoms with van der Waals surface area (Å²) in [6.45, 7) is 2.72. The first-order valence-corrected chi connectivity index (χ1v) is 7.81. The molecule has 0 aliphatic carbocycles. The molecule has 3 N–H and O–H groups in total. The Balaban J connectivity index is 2.01. The molecule has 0 aromatic carbocycles. The lowest BCUT2D eigenvalue weighted by Gasteiger charge is -2.24. The average Bonchev–Trinajstić information content (AvgIpc) is 2.86. The lowest BCUT2D eigenvalue weighted by atomic mass is 9.98. The molecule has 1 fully saturated rings. The molecule has 1 saturated heterocycles. The van der Waals surface area contributed by atoms with Gasteiger partial charge in [-0.05, 0) is 37.6 Å². The van der Waals surface area contributed by atoms with Crippen molar-refractivity contribution in [1.82, 2.24) is 10.2 Å². The smallest absolute Gasteiger partial charge is 0.331 e. The number of carboxylic acids is 1. The number of urea groups is 1. The third-order valence-corrected chi connectivity index (χ3v) is 4.63. The van der Waals surface area contributed by atoms with Gasteiger partial charge in [0, 0.05) is 18.0 Å². The average molecular weight is 312 g/mol. The lowest BCUT2D eigenvalue weighted by Crippen LogP contribution is -2.44. The summed E-state index contributed by atoms with van der Waals surface area (Å²) in [4.78, 5) is 25.7. The van der Waals surface area contributed by atoms with E-state index in [9.17, 15) is 19.8 Å². The first kappa shape index (κ1) is 15.8. The first-order valence-electron chi connectivity index (χ1n) is 6.93. The summed E-state index contributed by atoms with van der Waals surface area (Å²) in [7, 11) is 0. The zero-order valence-electron chi connectivity index (χ0n) is 11.9. The maximum atomic E-state index is 12.2. The van der Waals surface area contributed by atoms with Crippen LogP contribution in [0.5, 0.6) is 0 Å². The molecule has 21 heavy (non-hydrogen) atoms. The predicted octanol–water partition coefficient (Wildman–Crippen LogP) is 1.82. The molecule has 0 spiro atoms. The molecule has 1 aliphatic rings. The van der Waals surface area contributed by atoms with Crippen LogP contribution in [-0.2, 0) is 4.79 Å². The van der Waals surface area contributed by atoms with Crippen LogP contribution < -0.4 is 5.32 Å². The Kier molecular flexibility index (Phi) is 4.84. The molecular formula is C14H20N2O4S. The van der Waals surface area contributed by atoms with Gasteiger partial charge in [0.15, 0.2) is 6.04 Å². The van der Waals surface area contributed by atoms with E-state index in [0.29, 0.717) is 37.2 Å². The van der Waals surface area contributed by atoms with Crippen LogP contribution in [0.3, 0.4) is 0 Å². The van der Waals surface area contributed by atoms with Gasteiger partial charge < -0.3 is 20.4 Å². The van der Waals surface area contributed by atoms with Crippen molar-refractivity contribution in [3.05, 3.63) is 22.4 Å². The third kappa shape index (κ3) is 4.18. The van der Waals surface area contributed by atoms with Crippen molar-refractivity contribution in [2.24, 2.45) is 0 Å². The number of amides is 2. The van der Waals surface area contributed by atoms with Crippen molar-refractivity contribution in [1.29, 1.82) is 0 Å². The number of hydrogen-bond donors (Lipinski definition) is 3. The van der Waals surface area contributed by atoms with Gasteiger partial charge in [0.25, 0.3) is 0 Å². The van der Waals surface area contributed by atoms with Crippen molar-refractivity contribution in [2.45, 2.75) is 37.8 Å². The number of aliphatic carboxylic acids is 1. The third-order valence-electron chi connectivity index (χ3n) is 3.69. The largest absolute Gasteiger partial charge is 0.479 e. The molecule has 2 heterocycles. The lowest BCUT2D eigenvalue weighted by molar-refractivity contribution is -0.139. The van der Waals surface area contributed by atoms with Gasteiger partial charge in [0.2, 0.25) is 0 Å². The molecule has 1 aromatic rings. The van der Waals surface area contributed by atoms with E-state index in [1.807, 2.05) is 0 Å². The van der Waals surface area contributed by atoms with Crippen LogP contribution in [-0.4, -0.2) is 45.8 Å². The summed E-state index contributed by atoms with van der Waals surface area (Å²) in [5.41, 5.74) is -0.755. The van der Waals surface area contributed by atoms with E-state index in [1.165, 1.54) is 11.3 Å². The fraction of sp³-hybridized carbons (Fsp3) is 0.571. The maximum Gasteiger partial charge on any atom is 0.331 e. The van der Waals surface area contributed by atoms with E-state index in [0.717, 1.165) is 0 Å². The van der Waals surface area contributed by atoms with Gasteiger partial charge >= 0.3 is 12.0 Å². The topological polar surface area (TPSA) is 89.9 Å². The van der Waals surface area contributed by atoms with Crippen molar-refractivity contribution < 1.29 is 19.8 Å². The van der Waals surface area contributed by atoms with Crippen LogP contribution in [0.15, 0.2) is 17.5 Å². The molecule has 2 unspecified atom stereocenters. The second kappa shape index (κ2) is 6.44. The minimum atomic E-state index is -1.08. The highest BCUT2D eigenvalue weighted by atomic mass is 32.1. The molecular weight excluding hydrogens is 292 g/mol. The molecule has 0 bridgehead atoms. The molecule has 2 atom stereocenters. The van der Waals surface area contributed by atoms with Crippen LogP contribution in [0, 0.1) is 0 Å². The minimum absolute atomic E-state index is 0.395. The monoisotopic (exact) mass is 312 g/mol. The van der Waals surface area contributed by atoms with E-state index < -0.39 is 23.6 Å². The van der Waals surface area contributed by atoms with Gasteiger partial charge in [0.1, 0.15) is 0 Å². The van der Waals surface area contributed by atoms with Crippen molar-refractivity contribution in [3.8, 4) is 0 Å². The Morgan fingerprint density at radius 3 is 2.81 bits per heavy atom. The molecule has 1 aliphatic heterocycles. The SMILES string of the molecule is CC1(O)CCCN(C(=O)NC(C(=O)O)c2cccs2)CC1. The molecule has 6 nitrogen and oxygen atoms in total. The van der Waals surface area contributed by atoms with E-state index in [1.54, 1.807) is 29.3 Å². The highest BCUT2D eigenvalue weighted by molar-refractivity contribution is 7.10. The van der Waals surface area contributed by atoms with Gasteiger partial charge in [-0.15, -0.1) is 11.3 Å². The van der Waals surface area contributed by atoms with Crippen molar-refractivity contribution in [3.63, 3.8) is 0 Å². The zero-order valence-corrected chi connectivity index (χ0v) is 12.7. The standard InChI is InChI=1S/C14H20N2O4S/c1-14(20)5-3-7-16(8-6-14)13(19)15-11(12(17)18)10-4-2-9-21-10/h2,4,9,11,20H,3,5-8H2,1H3,(H,15,19)(H,17,18). The van der Waals surface area contributed by atoms with Gasteiger partial charge in [0.05, 0.1) is 5.60 Å². The summed E-state index contributed by atoms with van der Waals surface area (Å²) in [5, 5.41) is 23.6. The van der Waals surface area contributed by atoms with Crippen LogP contribution >= 0.6 is 11.3 Å². The number of nitrogens with zero attached hydrogens (tertiary/aromatic N) is 1. The van der Waals surface area contributed by atoms with E-state index >= 15 is 0 Å². The van der Waals surface area contributed by atoms with Gasteiger partial charge in [-0.3, -0.25) is 0 Å². The zero-order chi connectivity index (χ0) is 15.5. The molecule has 0 saturated carbocycles. The second-order valence-electron chi connectivity index (χ2n) is 5.57. The highest BCUT2D eigenvalue weighted by Gasteiger charge is 2.29. The van der Waals surface area contributed by atoms with Crippen molar-refractivity contribution >= 4 is 23.3 Å². The summed E-state index contributed by atoms with van der Waals surface area (Å²) in [6, 6.07) is 2.03. The van der Waals surface area contributed by atoms with E-state index in [-0.39, 0.29) is 0 Å². The normalized spacial score (nSPS) is 24.2. The van der Waals surface area contributed by atoms with Gasteiger partial charge in [-0.25, -0.2) is 9.59 Å². The highest BCUT2D eigenvalue weighted by Crippen LogP contribution is 2.23. The molecule has 1 aromatic heterocycles. The first-order chi connectivity index (χ1) is 9.89. The molecule has 7 heteroatoms. The van der Waals surface area contributed by atoms with Gasteiger partial charge in [-0.2, -0.15) is 0 Å². The Hall–Kier alpha value is -1.60. The van der Waals surface area contributed by atoms with Crippen LogP contribution in [0.2, 0.25) is 0 Å². The van der Waals surface area contributed by atoms with Crippen LogP contribution in [0.1, 0.15) is 37.1 Å². The number of hydrogen-bond acceptors (Lipinski definition) is 4. The van der Waals surface area contributed by atoms with Gasteiger partial charge in [-0.1, -0.05) is 6.07 Å². The number of aliphatic hydroxyl groups is 1. The number of carboxylic acid groups (broad SMARTS) is 1. The second-order valence-corrected chi connectivity index (χ2v) is 6.55.